The maximum Gasteiger partial charge on any atom is 0.0636 e. The van der Waals surface area contributed by atoms with Crippen LogP contribution in [0.3, 0.4) is 0 Å². The Morgan fingerprint density at radius 1 is 1.27 bits per heavy atom. The molecule has 0 radical (unpaired) electrons. The first-order chi connectivity index (χ1) is 7.38. The van der Waals surface area contributed by atoms with E-state index in [9.17, 15) is 0 Å². The molecule has 1 aromatic rings. The lowest BCUT2D eigenvalue weighted by atomic mass is 10.2. The molecule has 0 aromatic heterocycles. The molecule has 0 saturated heterocycles. The summed E-state index contributed by atoms with van der Waals surface area (Å²) in [5.74, 6) is 0. The van der Waals surface area contributed by atoms with E-state index in [2.05, 4.69) is 17.8 Å². The van der Waals surface area contributed by atoms with Gasteiger partial charge in [0.2, 0.25) is 0 Å². The predicted octanol–water partition coefficient (Wildman–Crippen LogP) is 2.76. The third-order valence-electron chi connectivity index (χ3n) is 2.14. The van der Waals surface area contributed by atoms with Crippen molar-refractivity contribution in [3.63, 3.8) is 0 Å². The summed E-state index contributed by atoms with van der Waals surface area (Å²) in [7, 11) is 0. The molecule has 0 fully saturated rings. The molecular weight excluding hydrogens is 206 g/mol. The Hall–Kier alpha value is -0.710. The molecule has 0 heterocycles. The number of rotatable bonds is 7. The molecule has 0 saturated carbocycles. The average Bonchev–Trinajstić information content (AvgIpc) is 2.29. The molecule has 0 spiro atoms. The van der Waals surface area contributed by atoms with Gasteiger partial charge in [-0.15, -0.1) is 0 Å². The van der Waals surface area contributed by atoms with Crippen LogP contribution in [-0.4, -0.2) is 6.54 Å². The number of hydrogen-bond acceptors (Lipinski definition) is 4. The number of unbranched alkanes of at least 4 members (excludes halogenated alkanes) is 2. The summed E-state index contributed by atoms with van der Waals surface area (Å²) >= 11 is 1.26. The minimum Gasteiger partial charge on any atom is -0.320 e. The Kier molecular flexibility index (Phi) is 6.23. The fourth-order valence-electron chi connectivity index (χ4n) is 1.29. The Morgan fingerprint density at radius 3 is 2.80 bits per heavy atom. The van der Waals surface area contributed by atoms with E-state index in [4.69, 9.17) is 5.14 Å². The number of benzene rings is 1. The quantitative estimate of drug-likeness (QED) is 0.379. The molecule has 0 unspecified atom stereocenters. The van der Waals surface area contributed by atoms with Gasteiger partial charge in [-0.3, -0.25) is 5.14 Å². The van der Waals surface area contributed by atoms with E-state index in [1.54, 1.807) is 0 Å². The molecule has 4 heteroatoms. The number of nitrogens with one attached hydrogen (secondary N) is 2. The average molecular weight is 225 g/mol. The molecule has 1 rings (SSSR count). The predicted molar refractivity (Wildman–Crippen MR) is 67.6 cm³/mol. The topological polar surface area (TPSA) is 50.1 Å². The van der Waals surface area contributed by atoms with Crippen LogP contribution in [0, 0.1) is 0 Å². The van der Waals surface area contributed by atoms with Crippen molar-refractivity contribution in [1.82, 2.24) is 5.43 Å². The van der Waals surface area contributed by atoms with Crippen LogP contribution < -0.4 is 16.0 Å². The number of para-hydroxylation sites is 1. The van der Waals surface area contributed by atoms with Crippen molar-refractivity contribution >= 4 is 17.6 Å². The van der Waals surface area contributed by atoms with Crippen LogP contribution in [0.15, 0.2) is 29.2 Å². The van der Waals surface area contributed by atoms with Crippen molar-refractivity contribution < 1.29 is 0 Å². The number of anilines is 1. The van der Waals surface area contributed by atoms with Crippen molar-refractivity contribution in [2.75, 3.05) is 12.0 Å². The Balaban J connectivity index is 2.30. The van der Waals surface area contributed by atoms with Gasteiger partial charge in [0, 0.05) is 11.4 Å². The highest BCUT2D eigenvalue weighted by Gasteiger charge is 1.98. The van der Waals surface area contributed by atoms with E-state index in [1.807, 2.05) is 24.3 Å². The Labute approximate surface area is 95.9 Å². The number of hydrogen-bond donors (Lipinski definition) is 3. The summed E-state index contributed by atoms with van der Waals surface area (Å²) in [5, 5.41) is 5.55. The maximum atomic E-state index is 5.55. The normalized spacial score (nSPS) is 10.3. The van der Waals surface area contributed by atoms with Crippen molar-refractivity contribution in [3.8, 4) is 0 Å². The third kappa shape index (κ3) is 4.55. The summed E-state index contributed by atoms with van der Waals surface area (Å²) in [6.45, 7) is 3.19. The smallest absolute Gasteiger partial charge is 0.0636 e. The zero-order chi connectivity index (χ0) is 10.9. The summed E-state index contributed by atoms with van der Waals surface area (Å²) < 4.78 is 0. The second kappa shape index (κ2) is 7.56. The highest BCUT2D eigenvalue weighted by atomic mass is 32.2. The van der Waals surface area contributed by atoms with E-state index >= 15 is 0 Å². The molecule has 0 aliphatic heterocycles. The molecule has 0 amide bonds. The second-order valence-electron chi connectivity index (χ2n) is 3.37. The molecule has 4 N–H and O–H groups in total. The van der Waals surface area contributed by atoms with E-state index in [1.165, 1.54) is 31.2 Å². The van der Waals surface area contributed by atoms with Gasteiger partial charge in [0.1, 0.15) is 0 Å². The van der Waals surface area contributed by atoms with Crippen LogP contribution in [0.4, 0.5) is 5.69 Å². The minimum atomic E-state index is 0.984. The third-order valence-corrected chi connectivity index (χ3v) is 2.75. The van der Waals surface area contributed by atoms with Gasteiger partial charge in [-0.05, 0) is 30.5 Å². The highest BCUT2D eigenvalue weighted by molar-refractivity contribution is 7.97. The van der Waals surface area contributed by atoms with E-state index in [0.29, 0.717) is 0 Å². The number of hydrazine groups is 1. The van der Waals surface area contributed by atoms with Gasteiger partial charge < -0.3 is 5.43 Å². The van der Waals surface area contributed by atoms with Crippen LogP contribution in [0.2, 0.25) is 0 Å². The molecule has 84 valence electrons. The van der Waals surface area contributed by atoms with Gasteiger partial charge in [-0.25, -0.2) is 5.43 Å². The van der Waals surface area contributed by atoms with Crippen LogP contribution in [0.25, 0.3) is 0 Å². The highest BCUT2D eigenvalue weighted by Crippen LogP contribution is 2.21. The van der Waals surface area contributed by atoms with Gasteiger partial charge in [0.25, 0.3) is 0 Å². The van der Waals surface area contributed by atoms with Gasteiger partial charge >= 0.3 is 0 Å². The molecule has 15 heavy (non-hydrogen) atoms. The van der Waals surface area contributed by atoms with E-state index in [0.717, 1.165) is 17.1 Å². The fourth-order valence-corrected chi connectivity index (χ4v) is 1.70. The van der Waals surface area contributed by atoms with E-state index in [-0.39, 0.29) is 0 Å². The van der Waals surface area contributed by atoms with Crippen LogP contribution in [0.1, 0.15) is 26.2 Å². The monoisotopic (exact) mass is 225 g/mol. The van der Waals surface area contributed by atoms with Crippen LogP contribution in [-0.2, 0) is 0 Å². The first-order valence-corrected chi connectivity index (χ1v) is 6.21. The van der Waals surface area contributed by atoms with Crippen LogP contribution in [0.5, 0.6) is 0 Å². The lowest BCUT2D eigenvalue weighted by Gasteiger charge is -2.10. The first kappa shape index (κ1) is 12.4. The molecule has 0 bridgehead atoms. The second-order valence-corrected chi connectivity index (χ2v) is 4.05. The molecular formula is C11H19N3S. The summed E-state index contributed by atoms with van der Waals surface area (Å²) in [6.07, 6.45) is 3.71. The standard InChI is InChI=1S/C11H19N3S/c1-2-3-6-9-13-14-10-7-4-5-8-11(10)15-12/h4-5,7-8,13-14H,2-3,6,9,12H2,1H3. The number of nitrogens with two attached hydrogens (primary N) is 1. The van der Waals surface area contributed by atoms with Gasteiger partial charge in [0.15, 0.2) is 0 Å². The summed E-state index contributed by atoms with van der Waals surface area (Å²) in [4.78, 5) is 1.06. The lowest BCUT2D eigenvalue weighted by molar-refractivity contribution is 0.661. The fraction of sp³-hybridized carbons (Fsp3) is 0.455. The van der Waals surface area contributed by atoms with Crippen molar-refractivity contribution in [1.29, 1.82) is 0 Å². The van der Waals surface area contributed by atoms with Crippen molar-refractivity contribution in [2.24, 2.45) is 5.14 Å². The first-order valence-electron chi connectivity index (χ1n) is 5.33. The van der Waals surface area contributed by atoms with E-state index < -0.39 is 0 Å². The van der Waals surface area contributed by atoms with Gasteiger partial charge in [0.05, 0.1) is 5.69 Å². The summed E-state index contributed by atoms with van der Waals surface area (Å²) in [5.41, 5.74) is 7.41. The zero-order valence-corrected chi connectivity index (χ0v) is 9.94. The van der Waals surface area contributed by atoms with Crippen molar-refractivity contribution in [2.45, 2.75) is 31.1 Å². The molecule has 3 nitrogen and oxygen atoms in total. The molecule has 0 aliphatic carbocycles. The van der Waals surface area contributed by atoms with Gasteiger partial charge in [-0.1, -0.05) is 31.9 Å². The lowest BCUT2D eigenvalue weighted by Crippen LogP contribution is -2.23. The van der Waals surface area contributed by atoms with Crippen molar-refractivity contribution in [3.05, 3.63) is 24.3 Å². The zero-order valence-electron chi connectivity index (χ0n) is 9.12. The summed E-state index contributed by atoms with van der Waals surface area (Å²) in [6, 6.07) is 8.00. The minimum absolute atomic E-state index is 0.984. The Morgan fingerprint density at radius 2 is 2.07 bits per heavy atom. The van der Waals surface area contributed by atoms with Gasteiger partial charge in [-0.2, -0.15) is 0 Å². The molecule has 1 aromatic carbocycles. The molecule has 0 aliphatic rings. The van der Waals surface area contributed by atoms with Crippen LogP contribution >= 0.6 is 11.9 Å². The largest absolute Gasteiger partial charge is 0.320 e. The SMILES string of the molecule is CCCCCNNc1ccccc1SN. The Bertz CT molecular complexity index is 278. The molecule has 0 atom stereocenters. The maximum absolute atomic E-state index is 5.55.